The number of nitrogens with one attached hydrogen (secondary N) is 2. The largest absolute Gasteiger partial charge is 0.296 e. The number of hydrogen-bond acceptors (Lipinski definition) is 7. The van der Waals surface area contributed by atoms with Crippen LogP contribution in [0, 0.1) is 0 Å². The quantitative estimate of drug-likeness (QED) is 0.235. The first kappa shape index (κ1) is 23.2. The van der Waals surface area contributed by atoms with Crippen LogP contribution in [-0.2, 0) is 15.8 Å². The molecule has 0 aliphatic rings. The Hall–Kier alpha value is -2.92. The molecule has 0 saturated heterocycles. The third-order valence-corrected chi connectivity index (χ3v) is 8.24. The molecule has 0 unspecified atom stereocenters. The Balaban J connectivity index is 1.37. The highest BCUT2D eigenvalue weighted by atomic mass is 35.5. The van der Waals surface area contributed by atoms with Crippen LogP contribution in [0.25, 0.3) is 0 Å². The molecule has 1 aromatic heterocycles. The number of aromatic nitrogens is 2. The molecular formula is C22H17ClN4O3S3. The third kappa shape index (κ3) is 6.32. The summed E-state index contributed by atoms with van der Waals surface area (Å²) in [6.45, 7) is 0. The van der Waals surface area contributed by atoms with Crippen LogP contribution in [0.3, 0.4) is 0 Å². The van der Waals surface area contributed by atoms with Gasteiger partial charge in [-0.05, 0) is 54.1 Å². The average molecular weight is 517 g/mol. The first-order chi connectivity index (χ1) is 15.9. The van der Waals surface area contributed by atoms with E-state index in [0.29, 0.717) is 16.3 Å². The normalized spacial score (nSPS) is 11.2. The highest BCUT2D eigenvalue weighted by Crippen LogP contribution is 2.25. The van der Waals surface area contributed by atoms with E-state index in [1.165, 1.54) is 0 Å². The van der Waals surface area contributed by atoms with E-state index in [0.717, 1.165) is 27.5 Å². The second kappa shape index (κ2) is 10.3. The van der Waals surface area contributed by atoms with Crippen molar-refractivity contribution in [3.63, 3.8) is 0 Å². The molecule has 7 nitrogen and oxygen atoms in total. The first-order valence-corrected chi connectivity index (χ1v) is 13.3. The zero-order valence-electron chi connectivity index (χ0n) is 16.9. The van der Waals surface area contributed by atoms with Gasteiger partial charge < -0.3 is 0 Å². The maximum Gasteiger partial charge on any atom is 0.291 e. The van der Waals surface area contributed by atoms with Crippen LogP contribution in [0.5, 0.6) is 0 Å². The van der Waals surface area contributed by atoms with Crippen LogP contribution in [-0.4, -0.2) is 24.5 Å². The van der Waals surface area contributed by atoms with Gasteiger partial charge in [-0.1, -0.05) is 53.3 Å². The molecule has 2 N–H and O–H groups in total. The van der Waals surface area contributed by atoms with Gasteiger partial charge in [-0.25, -0.2) is 0 Å². The van der Waals surface area contributed by atoms with Gasteiger partial charge in [-0.2, -0.15) is 8.42 Å². The van der Waals surface area contributed by atoms with Crippen molar-refractivity contribution in [3.8, 4) is 0 Å². The molecule has 0 spiro atoms. The number of rotatable bonds is 8. The van der Waals surface area contributed by atoms with Gasteiger partial charge in [0.15, 0.2) is 0 Å². The van der Waals surface area contributed by atoms with Crippen molar-refractivity contribution in [2.24, 2.45) is 0 Å². The molecular weight excluding hydrogens is 500 g/mol. The van der Waals surface area contributed by atoms with Crippen molar-refractivity contribution in [3.05, 3.63) is 95.0 Å². The van der Waals surface area contributed by atoms with E-state index in [2.05, 4.69) is 20.2 Å². The van der Waals surface area contributed by atoms with E-state index in [1.54, 1.807) is 48.2 Å². The number of sulfonamides is 1. The molecule has 4 rings (SSSR count). The Morgan fingerprint density at radius 1 is 0.939 bits per heavy atom. The molecule has 11 heteroatoms. The molecule has 0 radical (unpaired) electrons. The van der Waals surface area contributed by atoms with Gasteiger partial charge in [-0.3, -0.25) is 14.8 Å². The maximum atomic E-state index is 12.7. The third-order valence-electron chi connectivity index (χ3n) is 4.32. The number of nitrogens with zero attached hydrogens (tertiary/aromatic N) is 2. The first-order valence-electron chi connectivity index (χ1n) is 9.59. The van der Waals surface area contributed by atoms with Crippen LogP contribution in [0.2, 0.25) is 5.02 Å². The number of amides is 1. The molecule has 0 saturated carbocycles. The second-order valence-corrected chi connectivity index (χ2v) is 11.1. The molecule has 0 aliphatic heterocycles. The highest BCUT2D eigenvalue weighted by molar-refractivity contribution is 7.98. The fourth-order valence-corrected chi connectivity index (χ4v) is 5.65. The van der Waals surface area contributed by atoms with Crippen LogP contribution >= 0.6 is 34.7 Å². The lowest BCUT2D eigenvalue weighted by atomic mass is 10.2. The number of hydrogen-bond donors (Lipinski definition) is 2. The van der Waals surface area contributed by atoms with Crippen molar-refractivity contribution in [2.45, 2.75) is 15.0 Å². The van der Waals surface area contributed by atoms with E-state index in [-0.39, 0.29) is 9.47 Å². The SMILES string of the molecule is O=C(Nc1nnc(S(=O)(=O)Nc2ccc(CSc3ccccc3)cc2)s1)c1ccc(Cl)cc1. The lowest BCUT2D eigenvalue weighted by Crippen LogP contribution is -2.12. The second-order valence-electron chi connectivity index (χ2n) is 6.74. The summed E-state index contributed by atoms with van der Waals surface area (Å²) in [5.74, 6) is 0.327. The Bertz CT molecular complexity index is 1340. The summed E-state index contributed by atoms with van der Waals surface area (Å²) in [7, 11) is -3.95. The molecule has 0 bridgehead atoms. The monoisotopic (exact) mass is 516 g/mol. The minimum atomic E-state index is -3.95. The summed E-state index contributed by atoms with van der Waals surface area (Å²) in [5, 5.41) is 10.6. The summed E-state index contributed by atoms with van der Waals surface area (Å²) >= 11 is 8.28. The standard InChI is InChI=1S/C22H17ClN4O3S3/c23-17-10-8-16(9-11-17)20(28)24-21-25-26-22(32-21)33(29,30)27-18-12-6-15(7-13-18)14-31-19-4-2-1-3-5-19/h1-13,27H,14H2,(H,24,25,28). The van der Waals surface area contributed by atoms with Gasteiger partial charge in [-0.15, -0.1) is 22.0 Å². The average Bonchev–Trinajstić information content (AvgIpc) is 3.29. The molecule has 168 valence electrons. The topological polar surface area (TPSA) is 101 Å². The molecule has 0 aliphatic carbocycles. The lowest BCUT2D eigenvalue weighted by Gasteiger charge is -2.07. The Morgan fingerprint density at radius 3 is 2.33 bits per heavy atom. The Kier molecular flexibility index (Phi) is 7.29. The number of carbonyl (C=O) groups excluding carboxylic acids is 1. The number of thioether (sulfide) groups is 1. The van der Waals surface area contributed by atoms with E-state index in [1.807, 2.05) is 42.5 Å². The number of carbonyl (C=O) groups is 1. The predicted molar refractivity (Wildman–Crippen MR) is 133 cm³/mol. The van der Waals surface area contributed by atoms with Gasteiger partial charge in [0, 0.05) is 26.9 Å². The summed E-state index contributed by atoms with van der Waals surface area (Å²) < 4.78 is 27.6. The van der Waals surface area contributed by atoms with E-state index in [4.69, 9.17) is 11.6 Å². The van der Waals surface area contributed by atoms with E-state index >= 15 is 0 Å². The van der Waals surface area contributed by atoms with Crippen molar-refractivity contribution < 1.29 is 13.2 Å². The summed E-state index contributed by atoms with van der Waals surface area (Å²) in [4.78, 5) is 13.4. The van der Waals surface area contributed by atoms with Crippen molar-refractivity contribution in [1.29, 1.82) is 0 Å². The van der Waals surface area contributed by atoms with Crippen molar-refractivity contribution >= 4 is 61.4 Å². The molecule has 0 atom stereocenters. The van der Waals surface area contributed by atoms with E-state index in [9.17, 15) is 13.2 Å². The van der Waals surface area contributed by atoms with Crippen molar-refractivity contribution in [1.82, 2.24) is 10.2 Å². The molecule has 3 aromatic carbocycles. The fraction of sp³-hybridized carbons (Fsp3) is 0.0455. The number of halogens is 1. The van der Waals surface area contributed by atoms with Crippen LogP contribution in [0.15, 0.2) is 88.1 Å². The minimum Gasteiger partial charge on any atom is -0.296 e. The summed E-state index contributed by atoms with van der Waals surface area (Å²) in [5.41, 5.74) is 1.84. The smallest absolute Gasteiger partial charge is 0.291 e. The van der Waals surface area contributed by atoms with Crippen LogP contribution in [0.4, 0.5) is 10.8 Å². The molecule has 4 aromatic rings. The minimum absolute atomic E-state index is 0.0728. The zero-order chi connectivity index (χ0) is 23.3. The van der Waals surface area contributed by atoms with E-state index < -0.39 is 15.9 Å². The zero-order valence-corrected chi connectivity index (χ0v) is 20.1. The lowest BCUT2D eigenvalue weighted by molar-refractivity contribution is 0.102. The summed E-state index contributed by atoms with van der Waals surface area (Å²) in [6, 6.07) is 23.4. The van der Waals surface area contributed by atoms with Gasteiger partial charge in [0.1, 0.15) is 0 Å². The molecule has 33 heavy (non-hydrogen) atoms. The maximum absolute atomic E-state index is 12.7. The number of anilines is 2. The van der Waals surface area contributed by atoms with Crippen LogP contribution < -0.4 is 10.0 Å². The fourth-order valence-electron chi connectivity index (χ4n) is 2.69. The van der Waals surface area contributed by atoms with Crippen molar-refractivity contribution in [2.75, 3.05) is 10.0 Å². The predicted octanol–water partition coefficient (Wildman–Crippen LogP) is 5.54. The Morgan fingerprint density at radius 2 is 1.64 bits per heavy atom. The van der Waals surface area contributed by atoms with Gasteiger partial charge in [0.25, 0.3) is 20.3 Å². The van der Waals surface area contributed by atoms with Gasteiger partial charge in [0.05, 0.1) is 0 Å². The molecule has 0 fully saturated rings. The van der Waals surface area contributed by atoms with Crippen LogP contribution in [0.1, 0.15) is 15.9 Å². The molecule has 1 amide bonds. The number of benzene rings is 3. The van der Waals surface area contributed by atoms with Gasteiger partial charge >= 0.3 is 0 Å². The molecule has 1 heterocycles. The highest BCUT2D eigenvalue weighted by Gasteiger charge is 2.21. The Labute approximate surface area is 204 Å². The van der Waals surface area contributed by atoms with Gasteiger partial charge in [0.2, 0.25) is 5.13 Å². The summed E-state index contributed by atoms with van der Waals surface area (Å²) in [6.07, 6.45) is 0.